The number of ether oxygens (including phenoxy) is 1. The highest BCUT2D eigenvalue weighted by atomic mass is 16.5. The quantitative estimate of drug-likeness (QED) is 0.856. The first-order valence-corrected chi connectivity index (χ1v) is 7.21. The Hall–Kier alpha value is -1.52. The molecule has 0 bridgehead atoms. The Morgan fingerprint density at radius 2 is 2.26 bits per heavy atom. The van der Waals surface area contributed by atoms with Crippen LogP contribution in [0.15, 0.2) is 6.33 Å². The minimum absolute atomic E-state index is 0.572. The monoisotopic (exact) mass is 264 g/mol. The number of anilines is 2. The molecule has 5 heteroatoms. The van der Waals surface area contributed by atoms with Gasteiger partial charge in [0.2, 0.25) is 5.75 Å². The normalized spacial score (nSPS) is 18.7. The SMILES string of the molecule is CCCNc1ncnc(N2CCCC2CC)c1OC. The highest BCUT2D eigenvalue weighted by Crippen LogP contribution is 2.36. The lowest BCUT2D eigenvalue weighted by Gasteiger charge is -2.26. The largest absolute Gasteiger partial charge is 0.490 e. The average molecular weight is 264 g/mol. The minimum Gasteiger partial charge on any atom is -0.490 e. The molecular weight excluding hydrogens is 240 g/mol. The Bertz CT molecular complexity index is 410. The van der Waals surface area contributed by atoms with Gasteiger partial charge in [0.1, 0.15) is 6.33 Å². The van der Waals surface area contributed by atoms with Crippen LogP contribution in [0, 0.1) is 0 Å². The number of hydrogen-bond acceptors (Lipinski definition) is 5. The fraction of sp³-hybridized carbons (Fsp3) is 0.714. The van der Waals surface area contributed by atoms with Crippen LogP contribution in [0.3, 0.4) is 0 Å². The van der Waals surface area contributed by atoms with Crippen molar-refractivity contribution in [3.63, 3.8) is 0 Å². The van der Waals surface area contributed by atoms with Crippen LogP contribution in [-0.4, -0.2) is 36.2 Å². The maximum Gasteiger partial charge on any atom is 0.204 e. The number of hydrogen-bond donors (Lipinski definition) is 1. The van der Waals surface area contributed by atoms with Crippen molar-refractivity contribution in [3.05, 3.63) is 6.33 Å². The van der Waals surface area contributed by atoms with Crippen LogP contribution in [0.1, 0.15) is 39.5 Å². The van der Waals surface area contributed by atoms with Gasteiger partial charge in [-0.25, -0.2) is 9.97 Å². The third-order valence-electron chi connectivity index (χ3n) is 3.65. The van der Waals surface area contributed by atoms with Crippen molar-refractivity contribution in [1.82, 2.24) is 9.97 Å². The molecule has 1 saturated heterocycles. The van der Waals surface area contributed by atoms with Crippen molar-refractivity contribution in [2.45, 2.75) is 45.6 Å². The van der Waals surface area contributed by atoms with E-state index in [1.165, 1.54) is 12.8 Å². The van der Waals surface area contributed by atoms with Crippen LogP contribution in [0.25, 0.3) is 0 Å². The summed E-state index contributed by atoms with van der Waals surface area (Å²) in [5.74, 6) is 2.51. The van der Waals surface area contributed by atoms with E-state index in [-0.39, 0.29) is 0 Å². The van der Waals surface area contributed by atoms with Gasteiger partial charge in [-0.3, -0.25) is 0 Å². The second-order valence-electron chi connectivity index (χ2n) is 4.90. The summed E-state index contributed by atoms with van der Waals surface area (Å²) < 4.78 is 5.55. The summed E-state index contributed by atoms with van der Waals surface area (Å²) in [6, 6.07) is 0.572. The van der Waals surface area contributed by atoms with Gasteiger partial charge in [-0.15, -0.1) is 0 Å². The first kappa shape index (κ1) is 13.9. The van der Waals surface area contributed by atoms with Crippen LogP contribution in [0.5, 0.6) is 5.75 Å². The van der Waals surface area contributed by atoms with Crippen LogP contribution in [0.2, 0.25) is 0 Å². The molecule has 2 rings (SSSR count). The van der Waals surface area contributed by atoms with Crippen molar-refractivity contribution < 1.29 is 4.74 Å². The summed E-state index contributed by atoms with van der Waals surface area (Å²) >= 11 is 0. The maximum atomic E-state index is 5.55. The van der Waals surface area contributed by atoms with E-state index in [9.17, 15) is 0 Å². The summed E-state index contributed by atoms with van der Waals surface area (Å²) in [6.07, 6.45) is 6.29. The molecule has 1 fully saturated rings. The van der Waals surface area contributed by atoms with Gasteiger partial charge in [-0.2, -0.15) is 0 Å². The van der Waals surface area contributed by atoms with Crippen molar-refractivity contribution in [3.8, 4) is 5.75 Å². The number of nitrogens with one attached hydrogen (secondary N) is 1. The summed E-state index contributed by atoms with van der Waals surface area (Å²) in [5, 5.41) is 3.31. The molecule has 0 aromatic carbocycles. The summed E-state index contributed by atoms with van der Waals surface area (Å²) in [6.45, 7) is 6.31. The topological polar surface area (TPSA) is 50.3 Å². The van der Waals surface area contributed by atoms with Gasteiger partial charge in [0.05, 0.1) is 7.11 Å². The van der Waals surface area contributed by atoms with Crippen LogP contribution >= 0.6 is 0 Å². The van der Waals surface area contributed by atoms with E-state index in [1.807, 2.05) is 0 Å². The van der Waals surface area contributed by atoms with Crippen LogP contribution in [-0.2, 0) is 0 Å². The van der Waals surface area contributed by atoms with E-state index in [4.69, 9.17) is 4.74 Å². The zero-order valence-corrected chi connectivity index (χ0v) is 12.1. The van der Waals surface area contributed by atoms with E-state index in [1.54, 1.807) is 13.4 Å². The van der Waals surface area contributed by atoms with Crippen molar-refractivity contribution in [2.24, 2.45) is 0 Å². The molecule has 106 valence electrons. The molecule has 0 spiro atoms. The third kappa shape index (κ3) is 2.91. The van der Waals surface area contributed by atoms with Gasteiger partial charge in [-0.05, 0) is 25.7 Å². The molecule has 1 aliphatic rings. The lowest BCUT2D eigenvalue weighted by atomic mass is 10.2. The number of methoxy groups -OCH3 is 1. The fourth-order valence-corrected chi connectivity index (χ4v) is 2.67. The van der Waals surface area contributed by atoms with Gasteiger partial charge in [0.25, 0.3) is 0 Å². The summed E-state index contributed by atoms with van der Waals surface area (Å²) in [5.41, 5.74) is 0. The van der Waals surface area contributed by atoms with Crippen molar-refractivity contribution in [1.29, 1.82) is 0 Å². The standard InChI is InChI=1S/C14H24N4O/c1-4-8-15-13-12(19-3)14(17-10-16-13)18-9-6-7-11(18)5-2/h10-11H,4-9H2,1-3H3,(H,15,16,17). The molecule has 0 amide bonds. The first-order valence-electron chi connectivity index (χ1n) is 7.21. The molecule has 1 atom stereocenters. The Labute approximate surface area is 115 Å². The van der Waals surface area contributed by atoms with Gasteiger partial charge in [-0.1, -0.05) is 13.8 Å². The molecule has 0 saturated carbocycles. The molecule has 1 aromatic rings. The molecule has 1 N–H and O–H groups in total. The molecule has 2 heterocycles. The molecule has 0 radical (unpaired) electrons. The number of aromatic nitrogens is 2. The third-order valence-corrected chi connectivity index (χ3v) is 3.65. The van der Waals surface area contributed by atoms with Crippen LogP contribution in [0.4, 0.5) is 11.6 Å². The molecule has 5 nitrogen and oxygen atoms in total. The highest BCUT2D eigenvalue weighted by Gasteiger charge is 2.27. The lowest BCUT2D eigenvalue weighted by molar-refractivity contribution is 0.411. The smallest absolute Gasteiger partial charge is 0.204 e. The molecule has 0 aliphatic carbocycles. The summed E-state index contributed by atoms with van der Waals surface area (Å²) in [4.78, 5) is 11.1. The Kier molecular flexibility index (Phi) is 4.82. The van der Waals surface area contributed by atoms with E-state index >= 15 is 0 Å². The Morgan fingerprint density at radius 1 is 1.42 bits per heavy atom. The van der Waals surface area contributed by atoms with Crippen molar-refractivity contribution >= 4 is 11.6 Å². The van der Waals surface area contributed by atoms with Crippen molar-refractivity contribution in [2.75, 3.05) is 30.4 Å². The van der Waals surface area contributed by atoms with Crippen LogP contribution < -0.4 is 15.0 Å². The predicted molar refractivity (Wildman–Crippen MR) is 78.0 cm³/mol. The minimum atomic E-state index is 0.572. The predicted octanol–water partition coefficient (Wildman–Crippen LogP) is 2.69. The molecule has 19 heavy (non-hydrogen) atoms. The fourth-order valence-electron chi connectivity index (χ4n) is 2.67. The van der Waals surface area contributed by atoms with E-state index in [0.29, 0.717) is 6.04 Å². The average Bonchev–Trinajstić information content (AvgIpc) is 2.92. The zero-order valence-electron chi connectivity index (χ0n) is 12.1. The van der Waals surface area contributed by atoms with Gasteiger partial charge < -0.3 is 15.0 Å². The second-order valence-corrected chi connectivity index (χ2v) is 4.90. The second kappa shape index (κ2) is 6.59. The summed E-state index contributed by atoms with van der Waals surface area (Å²) in [7, 11) is 1.69. The maximum absolute atomic E-state index is 5.55. The zero-order chi connectivity index (χ0) is 13.7. The van der Waals surface area contributed by atoms with E-state index < -0.39 is 0 Å². The lowest BCUT2D eigenvalue weighted by Crippen LogP contribution is -2.30. The Balaban J connectivity index is 2.28. The number of rotatable bonds is 6. The first-order chi connectivity index (χ1) is 9.31. The van der Waals surface area contributed by atoms with Gasteiger partial charge in [0.15, 0.2) is 11.6 Å². The Morgan fingerprint density at radius 3 is 2.95 bits per heavy atom. The van der Waals surface area contributed by atoms with E-state index in [0.717, 1.165) is 43.3 Å². The molecule has 1 aliphatic heterocycles. The molecular formula is C14H24N4O. The van der Waals surface area contributed by atoms with Gasteiger partial charge in [0, 0.05) is 19.1 Å². The highest BCUT2D eigenvalue weighted by molar-refractivity contribution is 5.65. The number of nitrogens with zero attached hydrogens (tertiary/aromatic N) is 3. The molecule has 1 unspecified atom stereocenters. The molecule has 1 aromatic heterocycles. The van der Waals surface area contributed by atoms with E-state index in [2.05, 4.69) is 34.0 Å². The van der Waals surface area contributed by atoms with Gasteiger partial charge >= 0.3 is 0 Å².